The lowest BCUT2D eigenvalue weighted by molar-refractivity contribution is -0.312. The minimum atomic E-state index is -0.566. The summed E-state index contributed by atoms with van der Waals surface area (Å²) in [6.45, 7) is 5.94. The van der Waals surface area contributed by atoms with Crippen LogP contribution in [-0.2, 0) is 14.3 Å². The summed E-state index contributed by atoms with van der Waals surface area (Å²) < 4.78 is 12.9. The van der Waals surface area contributed by atoms with Crippen LogP contribution < -0.4 is 4.90 Å². The van der Waals surface area contributed by atoms with E-state index in [0.717, 1.165) is 58.2 Å². The molecule has 1 saturated heterocycles. The van der Waals surface area contributed by atoms with E-state index < -0.39 is 11.2 Å². The van der Waals surface area contributed by atoms with Crippen LogP contribution in [0.3, 0.4) is 0 Å². The monoisotopic (exact) mass is 493 g/mol. The van der Waals surface area contributed by atoms with Crippen molar-refractivity contribution in [3.8, 4) is 0 Å². The van der Waals surface area contributed by atoms with Gasteiger partial charge < -0.3 is 19.5 Å². The van der Waals surface area contributed by atoms with E-state index in [9.17, 15) is 9.90 Å². The van der Waals surface area contributed by atoms with E-state index in [4.69, 9.17) is 9.47 Å². The minimum Gasteiger partial charge on any atom is -0.395 e. The summed E-state index contributed by atoms with van der Waals surface area (Å²) >= 11 is 0. The summed E-state index contributed by atoms with van der Waals surface area (Å²) in [4.78, 5) is 15.4. The van der Waals surface area contributed by atoms with Gasteiger partial charge in [0.25, 0.3) is 0 Å². The normalized spacial score (nSPS) is 36.9. The van der Waals surface area contributed by atoms with Crippen LogP contribution in [0, 0.1) is 28.6 Å². The predicted molar refractivity (Wildman–Crippen MR) is 141 cm³/mol. The number of ketones is 1. The second-order valence-electron chi connectivity index (χ2n) is 13.3. The maximum atomic E-state index is 13.3. The number of benzene rings is 1. The molecule has 1 aromatic rings. The molecular formula is C31H43NO4. The molecule has 1 aliphatic heterocycles. The van der Waals surface area contributed by atoms with Gasteiger partial charge in [-0.05, 0) is 67.6 Å². The first kappa shape index (κ1) is 24.6. The Labute approximate surface area is 216 Å². The molecule has 1 spiro atoms. The summed E-state index contributed by atoms with van der Waals surface area (Å²) in [7, 11) is 4.14. The lowest BCUT2D eigenvalue weighted by Gasteiger charge is -2.54. The SMILES string of the molecule is CN(C)c1ccc([C@H]2C[C@@]3(CO)C(=O)CC[C@H]3[C@@H]3CCC4CC5(CCC4=C32)OCC(C)(C)CO5)cc1. The molecule has 5 heteroatoms. The summed E-state index contributed by atoms with van der Waals surface area (Å²) in [5.74, 6) is 1.26. The van der Waals surface area contributed by atoms with Gasteiger partial charge in [0.1, 0.15) is 5.78 Å². The third-order valence-corrected chi connectivity index (χ3v) is 10.3. The number of fused-ring (bicyclic) bond motifs is 4. The Morgan fingerprint density at radius 2 is 1.72 bits per heavy atom. The number of hydrogen-bond donors (Lipinski definition) is 1. The Bertz CT molecular complexity index is 1050. The van der Waals surface area contributed by atoms with Crippen LogP contribution in [0.25, 0.3) is 0 Å². The Kier molecular flexibility index (Phi) is 5.94. The number of anilines is 1. The molecule has 0 radical (unpaired) electrons. The zero-order valence-electron chi connectivity index (χ0n) is 22.5. The second kappa shape index (κ2) is 8.68. The molecule has 5 atom stereocenters. The molecule has 6 rings (SSSR count). The van der Waals surface area contributed by atoms with Crippen molar-refractivity contribution in [3.05, 3.63) is 41.0 Å². The zero-order valence-corrected chi connectivity index (χ0v) is 22.5. The van der Waals surface area contributed by atoms with Gasteiger partial charge in [-0.25, -0.2) is 0 Å². The third kappa shape index (κ3) is 3.80. The Morgan fingerprint density at radius 1 is 1.00 bits per heavy atom. The fourth-order valence-electron chi connectivity index (χ4n) is 8.38. The smallest absolute Gasteiger partial charge is 0.169 e. The van der Waals surface area contributed by atoms with Gasteiger partial charge in [-0.2, -0.15) is 0 Å². The molecule has 0 bridgehead atoms. The van der Waals surface area contributed by atoms with Crippen LogP contribution >= 0.6 is 0 Å². The molecule has 0 aromatic heterocycles. The zero-order chi connectivity index (χ0) is 25.3. The number of carbonyl (C=O) groups is 1. The van der Waals surface area contributed by atoms with Gasteiger partial charge >= 0.3 is 0 Å². The number of hydrogen-bond acceptors (Lipinski definition) is 5. The predicted octanol–water partition coefficient (Wildman–Crippen LogP) is 5.47. The first-order valence-electron chi connectivity index (χ1n) is 14.1. The lowest BCUT2D eigenvalue weighted by Crippen LogP contribution is -2.52. The molecule has 1 N–H and O–H groups in total. The van der Waals surface area contributed by atoms with Gasteiger partial charge in [-0.15, -0.1) is 0 Å². The van der Waals surface area contributed by atoms with E-state index in [2.05, 4.69) is 57.1 Å². The van der Waals surface area contributed by atoms with Crippen molar-refractivity contribution in [2.75, 3.05) is 38.8 Å². The summed E-state index contributed by atoms with van der Waals surface area (Å²) in [6, 6.07) is 8.92. The molecule has 1 aromatic carbocycles. The van der Waals surface area contributed by atoms with E-state index >= 15 is 0 Å². The summed E-state index contributed by atoms with van der Waals surface area (Å²) in [5, 5.41) is 10.7. The van der Waals surface area contributed by atoms with Crippen LogP contribution in [0.1, 0.15) is 76.7 Å². The lowest BCUT2D eigenvalue weighted by atomic mass is 9.52. The molecule has 0 amide bonds. The molecule has 1 heterocycles. The average Bonchev–Trinajstić information content (AvgIpc) is 3.22. The number of allylic oxidation sites excluding steroid dienone is 2. The molecule has 3 saturated carbocycles. The topological polar surface area (TPSA) is 59.0 Å². The molecule has 5 aliphatic rings. The quantitative estimate of drug-likeness (QED) is 0.566. The molecule has 196 valence electrons. The molecule has 1 unspecified atom stereocenters. The van der Waals surface area contributed by atoms with Crippen LogP contribution in [-0.4, -0.2) is 50.6 Å². The van der Waals surface area contributed by atoms with Crippen molar-refractivity contribution < 1.29 is 19.4 Å². The molecule has 4 fully saturated rings. The van der Waals surface area contributed by atoms with Gasteiger partial charge in [0, 0.05) is 50.4 Å². The standard InChI is InChI=1S/C31H43NO4/c1-29(2)18-35-31(36-19-29)14-13-23-21(15-31)7-10-24-26-11-12-27(34)30(26,17-33)16-25(28(23)24)20-5-8-22(9-6-20)32(3)4/h5-6,8-9,21,24-26,33H,7,10-19H2,1-4H3/t21?,24-,25+,26-,30-/m0/s1. The summed E-state index contributed by atoms with van der Waals surface area (Å²) in [5.41, 5.74) is 5.24. The van der Waals surface area contributed by atoms with E-state index in [1.165, 1.54) is 11.3 Å². The first-order valence-corrected chi connectivity index (χ1v) is 14.1. The van der Waals surface area contributed by atoms with Gasteiger partial charge in [0.15, 0.2) is 5.79 Å². The summed E-state index contributed by atoms with van der Waals surface area (Å²) in [6.07, 6.45) is 7.46. The number of nitrogens with zero attached hydrogens (tertiary/aromatic N) is 1. The van der Waals surface area contributed by atoms with Gasteiger partial charge in [-0.1, -0.05) is 37.1 Å². The minimum absolute atomic E-state index is 0.00804. The van der Waals surface area contributed by atoms with Crippen LogP contribution in [0.2, 0.25) is 0 Å². The van der Waals surface area contributed by atoms with Crippen molar-refractivity contribution in [1.82, 2.24) is 0 Å². The van der Waals surface area contributed by atoms with Crippen molar-refractivity contribution in [3.63, 3.8) is 0 Å². The maximum absolute atomic E-state index is 13.3. The van der Waals surface area contributed by atoms with E-state index in [1.54, 1.807) is 11.1 Å². The number of aliphatic hydroxyl groups is 1. The highest BCUT2D eigenvalue weighted by Gasteiger charge is 2.59. The number of carbonyl (C=O) groups excluding carboxylic acids is 1. The number of ether oxygens (including phenoxy) is 2. The van der Waals surface area contributed by atoms with Crippen molar-refractivity contribution in [2.24, 2.45) is 28.6 Å². The Balaban J connectivity index is 1.39. The van der Waals surface area contributed by atoms with Crippen molar-refractivity contribution >= 4 is 11.5 Å². The highest BCUT2D eigenvalue weighted by Crippen LogP contribution is 2.64. The van der Waals surface area contributed by atoms with Gasteiger partial charge in [0.2, 0.25) is 0 Å². The van der Waals surface area contributed by atoms with E-state index in [1.807, 2.05) is 0 Å². The highest BCUT2D eigenvalue weighted by molar-refractivity contribution is 5.88. The van der Waals surface area contributed by atoms with Crippen molar-refractivity contribution in [2.45, 2.75) is 76.9 Å². The largest absolute Gasteiger partial charge is 0.395 e. The first-order chi connectivity index (χ1) is 17.2. The molecule has 4 aliphatic carbocycles. The fraction of sp³-hybridized carbons (Fsp3) is 0.710. The molecule has 36 heavy (non-hydrogen) atoms. The molecular weight excluding hydrogens is 450 g/mol. The highest BCUT2D eigenvalue weighted by atomic mass is 16.7. The molecule has 5 nitrogen and oxygen atoms in total. The van der Waals surface area contributed by atoms with E-state index in [0.29, 0.717) is 24.0 Å². The Morgan fingerprint density at radius 3 is 2.39 bits per heavy atom. The van der Waals surface area contributed by atoms with Gasteiger partial charge in [0.05, 0.1) is 25.2 Å². The van der Waals surface area contributed by atoms with Crippen LogP contribution in [0.5, 0.6) is 0 Å². The number of rotatable bonds is 3. The van der Waals surface area contributed by atoms with Crippen molar-refractivity contribution in [1.29, 1.82) is 0 Å². The number of Topliss-reactive ketones (excluding diaryl/α,β-unsaturated/α-hetero) is 1. The van der Waals surface area contributed by atoms with Gasteiger partial charge in [-0.3, -0.25) is 4.79 Å². The fourth-order valence-corrected chi connectivity index (χ4v) is 8.38. The van der Waals surface area contributed by atoms with Crippen LogP contribution in [0.4, 0.5) is 5.69 Å². The third-order valence-electron chi connectivity index (χ3n) is 10.3. The Hall–Kier alpha value is -1.69. The second-order valence-corrected chi connectivity index (χ2v) is 13.3. The maximum Gasteiger partial charge on any atom is 0.169 e. The number of aliphatic hydroxyl groups excluding tert-OH is 1. The van der Waals surface area contributed by atoms with E-state index in [-0.39, 0.29) is 23.9 Å². The average molecular weight is 494 g/mol. The van der Waals surface area contributed by atoms with Crippen LogP contribution in [0.15, 0.2) is 35.4 Å².